The molecular formula is C15H24N4O. The number of hydrogen-bond donors (Lipinski definition) is 2. The summed E-state index contributed by atoms with van der Waals surface area (Å²) in [7, 11) is 0. The van der Waals surface area contributed by atoms with Gasteiger partial charge in [0.25, 0.3) is 5.91 Å². The molecular weight excluding hydrogens is 252 g/mol. The summed E-state index contributed by atoms with van der Waals surface area (Å²) in [5, 5.41) is 5.20. The van der Waals surface area contributed by atoms with Gasteiger partial charge in [-0.2, -0.15) is 0 Å². The van der Waals surface area contributed by atoms with Crippen molar-refractivity contribution in [2.45, 2.75) is 39.5 Å². The summed E-state index contributed by atoms with van der Waals surface area (Å²) in [4.78, 5) is 16.8. The standard InChI is InChI=1S/C15H24N4O/c1-3-13-10-12(11-14(17-13)16-4-2)15(20)18-19-8-6-5-7-9-19/h10-11H,3-9H2,1-2H3,(H,16,17)(H,18,20). The molecule has 0 aliphatic carbocycles. The van der Waals surface area contributed by atoms with Crippen molar-refractivity contribution >= 4 is 11.7 Å². The summed E-state index contributed by atoms with van der Waals surface area (Å²) in [5.41, 5.74) is 4.61. The van der Waals surface area contributed by atoms with Gasteiger partial charge in [-0.25, -0.2) is 9.99 Å². The number of pyridine rings is 1. The molecule has 0 atom stereocenters. The van der Waals surface area contributed by atoms with E-state index in [1.807, 2.05) is 31.0 Å². The first kappa shape index (κ1) is 14.8. The second-order valence-corrected chi connectivity index (χ2v) is 5.10. The Hall–Kier alpha value is -1.62. The zero-order valence-electron chi connectivity index (χ0n) is 12.4. The van der Waals surface area contributed by atoms with Crippen molar-refractivity contribution in [1.29, 1.82) is 0 Å². The SMILES string of the molecule is CCNc1cc(C(=O)NN2CCCCC2)cc(CC)n1. The Bertz CT molecular complexity index is 455. The number of carbonyl (C=O) groups is 1. The van der Waals surface area contributed by atoms with Crippen LogP contribution in [0.1, 0.15) is 49.2 Å². The van der Waals surface area contributed by atoms with E-state index in [-0.39, 0.29) is 5.91 Å². The number of carbonyl (C=O) groups excluding carboxylic acids is 1. The Balaban J connectivity index is 2.09. The van der Waals surface area contributed by atoms with Crippen LogP contribution < -0.4 is 10.7 Å². The van der Waals surface area contributed by atoms with Gasteiger partial charge in [0.2, 0.25) is 0 Å². The molecule has 1 amide bonds. The summed E-state index contributed by atoms with van der Waals surface area (Å²) >= 11 is 0. The molecule has 1 saturated heterocycles. The number of aryl methyl sites for hydroxylation is 1. The van der Waals surface area contributed by atoms with Gasteiger partial charge in [0, 0.05) is 30.9 Å². The van der Waals surface area contributed by atoms with Gasteiger partial charge in [-0.1, -0.05) is 13.3 Å². The quantitative estimate of drug-likeness (QED) is 0.865. The minimum Gasteiger partial charge on any atom is -0.370 e. The van der Waals surface area contributed by atoms with Crippen LogP contribution in [0.15, 0.2) is 12.1 Å². The molecule has 0 aromatic carbocycles. The number of nitrogens with one attached hydrogen (secondary N) is 2. The molecule has 20 heavy (non-hydrogen) atoms. The Morgan fingerprint density at radius 3 is 2.65 bits per heavy atom. The monoisotopic (exact) mass is 276 g/mol. The van der Waals surface area contributed by atoms with Gasteiger partial charge >= 0.3 is 0 Å². The Labute approximate surface area is 120 Å². The van der Waals surface area contributed by atoms with Crippen LogP contribution in [-0.2, 0) is 6.42 Å². The predicted octanol–water partition coefficient (Wildman–Crippen LogP) is 2.21. The second kappa shape index (κ2) is 7.24. The maximum Gasteiger partial charge on any atom is 0.265 e. The van der Waals surface area contributed by atoms with Crippen LogP contribution in [0, 0.1) is 0 Å². The van der Waals surface area contributed by atoms with Gasteiger partial charge in [-0.05, 0) is 38.3 Å². The molecule has 0 bridgehead atoms. The van der Waals surface area contributed by atoms with Crippen LogP contribution in [0.4, 0.5) is 5.82 Å². The highest BCUT2D eigenvalue weighted by Crippen LogP contribution is 2.12. The maximum atomic E-state index is 12.3. The fraction of sp³-hybridized carbons (Fsp3) is 0.600. The summed E-state index contributed by atoms with van der Waals surface area (Å²) in [5.74, 6) is 0.735. The van der Waals surface area contributed by atoms with Gasteiger partial charge in [-0.3, -0.25) is 10.2 Å². The highest BCUT2D eigenvalue weighted by Gasteiger charge is 2.15. The van der Waals surface area contributed by atoms with Crippen molar-refractivity contribution in [2.24, 2.45) is 0 Å². The lowest BCUT2D eigenvalue weighted by Crippen LogP contribution is -2.45. The predicted molar refractivity (Wildman–Crippen MR) is 80.7 cm³/mol. The first-order valence-electron chi connectivity index (χ1n) is 7.53. The molecule has 0 saturated carbocycles. The largest absolute Gasteiger partial charge is 0.370 e. The third-order valence-corrected chi connectivity index (χ3v) is 3.48. The van der Waals surface area contributed by atoms with Gasteiger partial charge in [0.05, 0.1) is 0 Å². The van der Waals surface area contributed by atoms with E-state index in [2.05, 4.69) is 15.7 Å². The van der Waals surface area contributed by atoms with Crippen molar-refractivity contribution in [1.82, 2.24) is 15.4 Å². The van der Waals surface area contributed by atoms with Crippen LogP contribution in [0.5, 0.6) is 0 Å². The normalized spacial score (nSPS) is 15.9. The third kappa shape index (κ3) is 3.93. The number of piperidine rings is 1. The van der Waals surface area contributed by atoms with E-state index in [0.29, 0.717) is 5.56 Å². The number of amides is 1. The maximum absolute atomic E-state index is 12.3. The van der Waals surface area contributed by atoms with E-state index in [9.17, 15) is 4.79 Å². The van der Waals surface area contributed by atoms with Crippen LogP contribution in [-0.4, -0.2) is 35.5 Å². The molecule has 1 aromatic rings. The molecule has 2 heterocycles. The smallest absolute Gasteiger partial charge is 0.265 e. The average molecular weight is 276 g/mol. The number of rotatable bonds is 5. The zero-order chi connectivity index (χ0) is 14.4. The molecule has 5 nitrogen and oxygen atoms in total. The van der Waals surface area contributed by atoms with Gasteiger partial charge < -0.3 is 5.32 Å². The van der Waals surface area contributed by atoms with E-state index < -0.39 is 0 Å². The summed E-state index contributed by atoms with van der Waals surface area (Å²) in [6.07, 6.45) is 4.38. The van der Waals surface area contributed by atoms with E-state index >= 15 is 0 Å². The Morgan fingerprint density at radius 1 is 1.25 bits per heavy atom. The highest BCUT2D eigenvalue weighted by atomic mass is 16.2. The molecule has 1 aliphatic heterocycles. The lowest BCUT2D eigenvalue weighted by atomic mass is 10.1. The number of hydrogen-bond acceptors (Lipinski definition) is 4. The van der Waals surface area contributed by atoms with Crippen LogP contribution in [0.2, 0.25) is 0 Å². The lowest BCUT2D eigenvalue weighted by Gasteiger charge is -2.26. The van der Waals surface area contributed by atoms with Crippen molar-refractivity contribution in [3.8, 4) is 0 Å². The van der Waals surface area contributed by atoms with Crippen molar-refractivity contribution in [3.05, 3.63) is 23.4 Å². The summed E-state index contributed by atoms with van der Waals surface area (Å²) < 4.78 is 0. The van der Waals surface area contributed by atoms with E-state index in [4.69, 9.17) is 0 Å². The highest BCUT2D eigenvalue weighted by molar-refractivity contribution is 5.94. The Kier molecular flexibility index (Phi) is 5.35. The van der Waals surface area contributed by atoms with Gasteiger partial charge in [0.15, 0.2) is 0 Å². The Morgan fingerprint density at radius 2 is 2.00 bits per heavy atom. The third-order valence-electron chi connectivity index (χ3n) is 3.48. The molecule has 2 rings (SSSR count). The van der Waals surface area contributed by atoms with Crippen molar-refractivity contribution in [2.75, 3.05) is 25.0 Å². The fourth-order valence-corrected chi connectivity index (χ4v) is 2.39. The van der Waals surface area contributed by atoms with Crippen LogP contribution in [0.25, 0.3) is 0 Å². The number of aromatic nitrogens is 1. The van der Waals surface area contributed by atoms with Gasteiger partial charge in [-0.15, -0.1) is 0 Å². The number of hydrazine groups is 1. The molecule has 0 spiro atoms. The zero-order valence-corrected chi connectivity index (χ0v) is 12.4. The van der Waals surface area contributed by atoms with E-state index in [1.165, 1.54) is 6.42 Å². The van der Waals surface area contributed by atoms with Crippen molar-refractivity contribution < 1.29 is 4.79 Å². The van der Waals surface area contributed by atoms with Crippen LogP contribution >= 0.6 is 0 Å². The lowest BCUT2D eigenvalue weighted by molar-refractivity contribution is 0.0750. The molecule has 0 radical (unpaired) electrons. The molecule has 1 aliphatic rings. The average Bonchev–Trinajstić information content (AvgIpc) is 2.48. The van der Waals surface area contributed by atoms with E-state index in [0.717, 1.165) is 50.4 Å². The van der Waals surface area contributed by atoms with E-state index in [1.54, 1.807) is 0 Å². The molecule has 1 fully saturated rings. The van der Waals surface area contributed by atoms with Gasteiger partial charge in [0.1, 0.15) is 5.82 Å². The van der Waals surface area contributed by atoms with Crippen LogP contribution in [0.3, 0.4) is 0 Å². The number of nitrogens with zero attached hydrogens (tertiary/aromatic N) is 2. The number of anilines is 1. The summed E-state index contributed by atoms with van der Waals surface area (Å²) in [6.45, 7) is 6.75. The molecule has 2 N–H and O–H groups in total. The molecule has 110 valence electrons. The summed E-state index contributed by atoms with van der Waals surface area (Å²) in [6, 6.07) is 3.70. The van der Waals surface area contributed by atoms with Crippen molar-refractivity contribution in [3.63, 3.8) is 0 Å². The molecule has 1 aromatic heterocycles. The minimum absolute atomic E-state index is 0.0387. The topological polar surface area (TPSA) is 57.3 Å². The first-order chi connectivity index (χ1) is 9.72. The first-order valence-corrected chi connectivity index (χ1v) is 7.53. The second-order valence-electron chi connectivity index (χ2n) is 5.10. The molecule has 0 unspecified atom stereocenters. The molecule has 5 heteroatoms. The fourth-order valence-electron chi connectivity index (χ4n) is 2.39. The minimum atomic E-state index is -0.0387.